The lowest BCUT2D eigenvalue weighted by atomic mass is 10.2. The van der Waals surface area contributed by atoms with Crippen molar-refractivity contribution >= 4 is 45.1 Å². The quantitative estimate of drug-likeness (QED) is 0.522. The first-order chi connectivity index (χ1) is 12.9. The Morgan fingerprint density at radius 1 is 1.15 bits per heavy atom. The number of hydrogen-bond acceptors (Lipinski definition) is 6. The number of rotatable bonds is 7. The highest BCUT2D eigenvalue weighted by Gasteiger charge is 2.23. The Hall–Kier alpha value is -1.67. The molecule has 3 rings (SSSR count). The van der Waals surface area contributed by atoms with E-state index in [0.29, 0.717) is 13.1 Å². The minimum atomic E-state index is -0.0585. The minimum Gasteiger partial charge on any atom is -0.342 e. The van der Waals surface area contributed by atoms with Gasteiger partial charge in [-0.2, -0.15) is 0 Å². The van der Waals surface area contributed by atoms with Crippen LogP contribution in [0.1, 0.15) is 36.5 Å². The van der Waals surface area contributed by atoms with Crippen molar-refractivity contribution in [2.45, 2.75) is 45.1 Å². The fourth-order valence-corrected chi connectivity index (χ4v) is 5.79. The Labute approximate surface area is 168 Å². The number of carbonyl (C=O) groups is 2. The third kappa shape index (κ3) is 4.27. The van der Waals surface area contributed by atoms with Gasteiger partial charge in [0.1, 0.15) is 15.7 Å². The molecular weight excluding hydrogens is 380 g/mol. The highest BCUT2D eigenvalue weighted by molar-refractivity contribution is 8.00. The molecule has 8 heteroatoms. The molecule has 2 amide bonds. The van der Waals surface area contributed by atoms with E-state index < -0.39 is 0 Å². The molecule has 0 aromatic carbocycles. The predicted octanol–water partition coefficient (Wildman–Crippen LogP) is 2.91. The summed E-state index contributed by atoms with van der Waals surface area (Å²) in [6, 6.07) is 0. The lowest BCUT2D eigenvalue weighted by Crippen LogP contribution is -2.41. The monoisotopic (exact) mass is 406 g/mol. The van der Waals surface area contributed by atoms with E-state index in [9.17, 15) is 9.59 Å². The summed E-state index contributed by atoms with van der Waals surface area (Å²) in [4.78, 5) is 39.7. The molecule has 2 aromatic heterocycles. The van der Waals surface area contributed by atoms with Crippen molar-refractivity contribution in [3.8, 4) is 0 Å². The molecule has 27 heavy (non-hydrogen) atoms. The van der Waals surface area contributed by atoms with E-state index in [1.807, 2.05) is 20.8 Å². The number of fused-ring (bicyclic) bond motifs is 3. The van der Waals surface area contributed by atoms with E-state index >= 15 is 0 Å². The summed E-state index contributed by atoms with van der Waals surface area (Å²) >= 11 is 3.22. The fraction of sp³-hybridized carbons (Fsp3) is 0.579. The number of thioether (sulfide) groups is 1. The number of aromatic nitrogens is 2. The molecule has 0 N–H and O–H groups in total. The molecule has 1 aliphatic carbocycles. The van der Waals surface area contributed by atoms with E-state index in [1.165, 1.54) is 33.5 Å². The molecule has 0 fully saturated rings. The number of thiophene rings is 1. The number of aryl methyl sites for hydroxylation is 3. The molecule has 0 aliphatic heterocycles. The highest BCUT2D eigenvalue weighted by atomic mass is 32.2. The lowest BCUT2D eigenvalue weighted by Gasteiger charge is -2.23. The van der Waals surface area contributed by atoms with Gasteiger partial charge in [-0.25, -0.2) is 9.97 Å². The SMILES string of the molecule is CCN(CC)C(=O)CN(C)C(=O)CSc1nc(C)nc2sc3c(c12)CCC3. The Morgan fingerprint density at radius 2 is 1.89 bits per heavy atom. The van der Waals surface area contributed by atoms with Crippen molar-refractivity contribution in [2.75, 3.05) is 32.4 Å². The maximum absolute atomic E-state index is 12.5. The van der Waals surface area contributed by atoms with Crippen molar-refractivity contribution in [1.82, 2.24) is 19.8 Å². The zero-order valence-corrected chi connectivity index (χ0v) is 18.0. The molecule has 0 radical (unpaired) electrons. The summed E-state index contributed by atoms with van der Waals surface area (Å²) in [6.07, 6.45) is 3.38. The molecule has 0 atom stereocenters. The van der Waals surface area contributed by atoms with Gasteiger partial charge in [-0.15, -0.1) is 11.3 Å². The molecule has 0 spiro atoms. The van der Waals surface area contributed by atoms with E-state index in [-0.39, 0.29) is 24.1 Å². The fourth-order valence-electron chi connectivity index (χ4n) is 3.38. The van der Waals surface area contributed by atoms with Crippen LogP contribution in [0, 0.1) is 6.92 Å². The number of nitrogens with zero attached hydrogens (tertiary/aromatic N) is 4. The third-order valence-corrected chi connectivity index (χ3v) is 7.04. The minimum absolute atomic E-state index is 0.0169. The molecule has 0 saturated heterocycles. The maximum Gasteiger partial charge on any atom is 0.242 e. The van der Waals surface area contributed by atoms with Crippen molar-refractivity contribution in [3.05, 3.63) is 16.3 Å². The first-order valence-corrected chi connectivity index (χ1v) is 11.2. The van der Waals surface area contributed by atoms with Gasteiger partial charge >= 0.3 is 0 Å². The second-order valence-corrected chi connectivity index (χ2v) is 8.77. The van der Waals surface area contributed by atoms with Crippen LogP contribution in [0.5, 0.6) is 0 Å². The standard InChI is InChI=1S/C19H26N4O2S2/c1-5-23(6-2)15(24)10-22(4)16(25)11-26-18-17-13-8-7-9-14(13)27-19(17)21-12(3)20-18/h5-11H2,1-4H3. The van der Waals surface area contributed by atoms with Gasteiger partial charge in [-0.3, -0.25) is 9.59 Å². The van der Waals surface area contributed by atoms with Crippen molar-refractivity contribution < 1.29 is 9.59 Å². The number of carbonyl (C=O) groups excluding carboxylic acids is 2. The predicted molar refractivity (Wildman–Crippen MR) is 110 cm³/mol. The maximum atomic E-state index is 12.5. The molecule has 0 saturated carbocycles. The molecular formula is C19H26N4O2S2. The average molecular weight is 407 g/mol. The van der Waals surface area contributed by atoms with E-state index in [4.69, 9.17) is 0 Å². The van der Waals surface area contributed by atoms with Gasteiger partial charge in [0, 0.05) is 30.4 Å². The second-order valence-electron chi connectivity index (χ2n) is 6.72. The van der Waals surface area contributed by atoms with Crippen molar-refractivity contribution in [1.29, 1.82) is 0 Å². The van der Waals surface area contributed by atoms with Crippen molar-refractivity contribution in [3.63, 3.8) is 0 Å². The summed E-state index contributed by atoms with van der Waals surface area (Å²) < 4.78 is 0. The summed E-state index contributed by atoms with van der Waals surface area (Å²) in [7, 11) is 1.69. The van der Waals surface area contributed by atoms with Crippen LogP contribution in [0.2, 0.25) is 0 Å². The molecule has 146 valence electrons. The van der Waals surface area contributed by atoms with Crippen LogP contribution in [0.3, 0.4) is 0 Å². The summed E-state index contributed by atoms with van der Waals surface area (Å²) in [5.74, 6) is 0.939. The van der Waals surface area contributed by atoms with Gasteiger partial charge in [-0.05, 0) is 45.6 Å². The van der Waals surface area contributed by atoms with Crippen LogP contribution in [-0.2, 0) is 22.4 Å². The van der Waals surface area contributed by atoms with E-state index in [2.05, 4.69) is 9.97 Å². The van der Waals surface area contributed by atoms with Gasteiger partial charge in [0.15, 0.2) is 0 Å². The first-order valence-electron chi connectivity index (χ1n) is 9.38. The Morgan fingerprint density at radius 3 is 2.59 bits per heavy atom. The lowest BCUT2D eigenvalue weighted by molar-refractivity contribution is -0.137. The third-order valence-electron chi connectivity index (χ3n) is 4.89. The number of amides is 2. The highest BCUT2D eigenvalue weighted by Crippen LogP contribution is 2.40. The van der Waals surface area contributed by atoms with Gasteiger partial charge in [0.2, 0.25) is 11.8 Å². The van der Waals surface area contributed by atoms with Gasteiger partial charge in [0.25, 0.3) is 0 Å². The van der Waals surface area contributed by atoms with Crippen LogP contribution in [-0.4, -0.2) is 64.0 Å². The van der Waals surface area contributed by atoms with Crippen LogP contribution in [0.4, 0.5) is 0 Å². The number of likely N-dealkylation sites (N-methyl/N-ethyl adjacent to an activating group) is 2. The molecule has 1 aliphatic rings. The van der Waals surface area contributed by atoms with Gasteiger partial charge < -0.3 is 9.80 Å². The van der Waals surface area contributed by atoms with Crippen LogP contribution < -0.4 is 0 Å². The second kappa shape index (κ2) is 8.56. The van der Waals surface area contributed by atoms with Gasteiger partial charge in [0.05, 0.1) is 12.3 Å². The Balaban J connectivity index is 1.69. The Bertz CT molecular complexity index is 861. The average Bonchev–Trinajstić information content (AvgIpc) is 3.20. The summed E-state index contributed by atoms with van der Waals surface area (Å²) in [5.41, 5.74) is 1.37. The summed E-state index contributed by atoms with van der Waals surface area (Å²) in [6.45, 7) is 7.22. The normalized spacial score (nSPS) is 13.0. The molecule has 0 bridgehead atoms. The van der Waals surface area contributed by atoms with Crippen LogP contribution in [0.25, 0.3) is 10.2 Å². The zero-order valence-electron chi connectivity index (χ0n) is 16.4. The summed E-state index contributed by atoms with van der Waals surface area (Å²) in [5, 5.41) is 2.03. The largest absolute Gasteiger partial charge is 0.342 e. The number of hydrogen-bond donors (Lipinski definition) is 0. The van der Waals surface area contributed by atoms with Crippen LogP contribution >= 0.6 is 23.1 Å². The smallest absolute Gasteiger partial charge is 0.242 e. The van der Waals surface area contributed by atoms with Crippen molar-refractivity contribution in [2.24, 2.45) is 0 Å². The van der Waals surface area contributed by atoms with Gasteiger partial charge in [-0.1, -0.05) is 11.8 Å². The first kappa shape index (κ1) is 20.1. The van der Waals surface area contributed by atoms with Crippen LogP contribution in [0.15, 0.2) is 5.03 Å². The molecule has 2 aromatic rings. The topological polar surface area (TPSA) is 66.4 Å². The van der Waals surface area contributed by atoms with E-state index in [0.717, 1.165) is 33.9 Å². The molecule has 0 unspecified atom stereocenters. The molecule has 2 heterocycles. The zero-order chi connectivity index (χ0) is 19.6. The Kier molecular flexibility index (Phi) is 6.37. The molecule has 6 nitrogen and oxygen atoms in total. The van der Waals surface area contributed by atoms with E-state index in [1.54, 1.807) is 23.3 Å².